The Morgan fingerprint density at radius 1 is 0.861 bits per heavy atom. The van der Waals surface area contributed by atoms with Gasteiger partial charge in [0.05, 0.1) is 49.4 Å². The number of esters is 1. The van der Waals surface area contributed by atoms with Gasteiger partial charge < -0.3 is 29.0 Å². The molecule has 182 valence electrons. The number of benzene rings is 3. The number of aromatic nitrogens is 1. The second-order valence-electron chi connectivity index (χ2n) is 7.84. The molecule has 3 aromatic carbocycles. The van der Waals surface area contributed by atoms with Crippen LogP contribution < -0.4 is 24.3 Å². The standard InChI is InChI=1S/C27H22N2O7/c1-32-23-12-18(27(31)34-3)21(13-24(23)33-2)29-26(30)17-11-20(28-19-7-5-4-6-16(17)19)15-8-9-22-25(10-15)36-14-35-22/h4-13H,14H2,1-3H3,(H,29,30). The van der Waals surface area contributed by atoms with Crippen molar-refractivity contribution in [1.82, 2.24) is 4.98 Å². The summed E-state index contributed by atoms with van der Waals surface area (Å²) in [5, 5.41) is 3.49. The molecule has 0 saturated heterocycles. The molecule has 9 heteroatoms. The summed E-state index contributed by atoms with van der Waals surface area (Å²) >= 11 is 0. The molecule has 0 radical (unpaired) electrons. The summed E-state index contributed by atoms with van der Waals surface area (Å²) in [5.41, 5.74) is 2.70. The zero-order chi connectivity index (χ0) is 25.2. The SMILES string of the molecule is COC(=O)c1cc(OC)c(OC)cc1NC(=O)c1cc(-c2ccc3c(c2)OCO3)nc2ccccc12. The van der Waals surface area contributed by atoms with Crippen LogP contribution in [0.4, 0.5) is 5.69 Å². The lowest BCUT2D eigenvalue weighted by Crippen LogP contribution is -2.16. The van der Waals surface area contributed by atoms with Crippen LogP contribution in [0.1, 0.15) is 20.7 Å². The highest BCUT2D eigenvalue weighted by Crippen LogP contribution is 2.37. The summed E-state index contributed by atoms with van der Waals surface area (Å²) in [6.45, 7) is 0.158. The number of carbonyl (C=O) groups is 2. The van der Waals surface area contributed by atoms with Crippen LogP contribution in [0, 0.1) is 0 Å². The maximum absolute atomic E-state index is 13.6. The quantitative estimate of drug-likeness (QED) is 0.392. The number of carbonyl (C=O) groups excluding carboxylic acids is 2. The number of rotatable bonds is 6. The molecule has 0 saturated carbocycles. The van der Waals surface area contributed by atoms with Gasteiger partial charge in [-0.25, -0.2) is 9.78 Å². The van der Waals surface area contributed by atoms with Gasteiger partial charge in [-0.3, -0.25) is 4.79 Å². The fraction of sp³-hybridized carbons (Fsp3) is 0.148. The van der Waals surface area contributed by atoms with E-state index in [0.717, 1.165) is 5.56 Å². The minimum Gasteiger partial charge on any atom is -0.493 e. The number of nitrogens with zero attached hydrogens (tertiary/aromatic N) is 1. The van der Waals surface area contributed by atoms with Gasteiger partial charge in [0.1, 0.15) is 0 Å². The Bertz CT molecular complexity index is 1500. The summed E-state index contributed by atoms with van der Waals surface area (Å²) in [6, 6.07) is 17.5. The molecular weight excluding hydrogens is 464 g/mol. The second-order valence-corrected chi connectivity index (χ2v) is 7.84. The zero-order valence-electron chi connectivity index (χ0n) is 19.8. The van der Waals surface area contributed by atoms with Crippen molar-refractivity contribution in [2.24, 2.45) is 0 Å². The molecule has 1 amide bonds. The van der Waals surface area contributed by atoms with Crippen LogP contribution in [0.25, 0.3) is 22.2 Å². The molecule has 1 aliphatic heterocycles. The summed E-state index contributed by atoms with van der Waals surface area (Å²) < 4.78 is 26.5. The first kappa shape index (κ1) is 23.0. The Morgan fingerprint density at radius 2 is 1.61 bits per heavy atom. The molecule has 4 aromatic rings. The maximum atomic E-state index is 13.6. The van der Waals surface area contributed by atoms with Gasteiger partial charge in [0.25, 0.3) is 5.91 Å². The minimum absolute atomic E-state index is 0.123. The van der Waals surface area contributed by atoms with Crippen molar-refractivity contribution >= 4 is 28.5 Å². The summed E-state index contributed by atoms with van der Waals surface area (Å²) in [6.07, 6.45) is 0. The Kier molecular flexibility index (Phi) is 6.03. The fourth-order valence-electron chi connectivity index (χ4n) is 4.02. The second kappa shape index (κ2) is 9.46. The van der Waals surface area contributed by atoms with E-state index in [9.17, 15) is 9.59 Å². The van der Waals surface area contributed by atoms with Gasteiger partial charge in [0, 0.05) is 23.1 Å². The maximum Gasteiger partial charge on any atom is 0.340 e. The van der Waals surface area contributed by atoms with E-state index in [1.807, 2.05) is 36.4 Å². The third-order valence-corrected chi connectivity index (χ3v) is 5.81. The lowest BCUT2D eigenvalue weighted by molar-refractivity contribution is 0.0601. The van der Waals surface area contributed by atoms with Crippen LogP contribution in [0.15, 0.2) is 60.7 Å². The van der Waals surface area contributed by atoms with Gasteiger partial charge in [0.2, 0.25) is 6.79 Å². The average Bonchev–Trinajstić information content (AvgIpc) is 3.39. The number of ether oxygens (including phenoxy) is 5. The summed E-state index contributed by atoms with van der Waals surface area (Å²) in [4.78, 5) is 30.8. The largest absolute Gasteiger partial charge is 0.493 e. The Hall–Kier alpha value is -4.79. The summed E-state index contributed by atoms with van der Waals surface area (Å²) in [5.74, 6) is 0.874. The molecule has 1 aromatic heterocycles. The van der Waals surface area contributed by atoms with Crippen LogP contribution in [0.5, 0.6) is 23.0 Å². The van der Waals surface area contributed by atoms with Gasteiger partial charge in [0.15, 0.2) is 23.0 Å². The smallest absolute Gasteiger partial charge is 0.340 e. The van der Waals surface area contributed by atoms with E-state index in [0.29, 0.717) is 45.2 Å². The van der Waals surface area contributed by atoms with Crippen LogP contribution >= 0.6 is 0 Å². The predicted molar refractivity (Wildman–Crippen MR) is 132 cm³/mol. The third kappa shape index (κ3) is 4.11. The Balaban J connectivity index is 1.60. The number of pyridine rings is 1. The normalized spacial score (nSPS) is 11.8. The number of fused-ring (bicyclic) bond motifs is 2. The third-order valence-electron chi connectivity index (χ3n) is 5.81. The molecule has 1 N–H and O–H groups in total. The monoisotopic (exact) mass is 486 g/mol. The van der Waals surface area contributed by atoms with E-state index in [-0.39, 0.29) is 18.0 Å². The number of para-hydroxylation sites is 1. The van der Waals surface area contributed by atoms with Gasteiger partial charge in [-0.15, -0.1) is 0 Å². The van der Waals surface area contributed by atoms with E-state index in [2.05, 4.69) is 5.32 Å². The number of hydrogen-bond donors (Lipinski definition) is 1. The van der Waals surface area contributed by atoms with Crippen molar-refractivity contribution in [3.05, 3.63) is 71.8 Å². The lowest BCUT2D eigenvalue weighted by Gasteiger charge is -2.15. The Morgan fingerprint density at radius 3 is 2.39 bits per heavy atom. The predicted octanol–water partition coefficient (Wildman–Crippen LogP) is 4.69. The molecule has 9 nitrogen and oxygen atoms in total. The molecule has 0 atom stereocenters. The van der Waals surface area contributed by atoms with Gasteiger partial charge in [-0.1, -0.05) is 18.2 Å². The molecule has 1 aliphatic rings. The molecule has 0 unspecified atom stereocenters. The topological polar surface area (TPSA) is 105 Å². The van der Waals surface area contributed by atoms with Crippen molar-refractivity contribution in [1.29, 1.82) is 0 Å². The Labute approximate surface area is 206 Å². The lowest BCUT2D eigenvalue weighted by atomic mass is 10.0. The molecule has 2 heterocycles. The van der Waals surface area contributed by atoms with E-state index in [1.54, 1.807) is 12.1 Å². The van der Waals surface area contributed by atoms with Crippen LogP contribution in [-0.2, 0) is 4.74 Å². The first-order valence-corrected chi connectivity index (χ1v) is 11.0. The minimum atomic E-state index is -0.633. The van der Waals surface area contributed by atoms with Gasteiger partial charge in [-0.2, -0.15) is 0 Å². The van der Waals surface area contributed by atoms with E-state index < -0.39 is 11.9 Å². The summed E-state index contributed by atoms with van der Waals surface area (Å²) in [7, 11) is 4.19. The number of methoxy groups -OCH3 is 3. The number of anilines is 1. The number of amides is 1. The molecule has 0 bridgehead atoms. The van der Waals surface area contributed by atoms with Crippen LogP contribution in [-0.4, -0.2) is 45.0 Å². The van der Waals surface area contributed by atoms with Crippen LogP contribution in [0.2, 0.25) is 0 Å². The molecule has 0 fully saturated rings. The fourth-order valence-corrected chi connectivity index (χ4v) is 4.02. The van der Waals surface area contributed by atoms with Crippen LogP contribution in [0.3, 0.4) is 0 Å². The van der Waals surface area contributed by atoms with Gasteiger partial charge >= 0.3 is 5.97 Å². The molecule has 36 heavy (non-hydrogen) atoms. The van der Waals surface area contributed by atoms with Crippen molar-refractivity contribution in [2.75, 3.05) is 33.4 Å². The van der Waals surface area contributed by atoms with Crippen molar-refractivity contribution in [3.63, 3.8) is 0 Å². The molecular formula is C27H22N2O7. The first-order valence-electron chi connectivity index (χ1n) is 11.0. The highest BCUT2D eigenvalue weighted by molar-refractivity contribution is 6.15. The molecule has 0 aliphatic carbocycles. The van der Waals surface area contributed by atoms with E-state index in [1.165, 1.54) is 33.5 Å². The zero-order valence-corrected chi connectivity index (χ0v) is 19.8. The number of hydrogen-bond acceptors (Lipinski definition) is 8. The van der Waals surface area contributed by atoms with Gasteiger partial charge in [-0.05, 0) is 30.3 Å². The van der Waals surface area contributed by atoms with E-state index in [4.69, 9.17) is 28.7 Å². The highest BCUT2D eigenvalue weighted by Gasteiger charge is 2.22. The van der Waals surface area contributed by atoms with E-state index >= 15 is 0 Å². The van der Waals surface area contributed by atoms with Crippen molar-refractivity contribution in [2.45, 2.75) is 0 Å². The van der Waals surface area contributed by atoms with Crippen molar-refractivity contribution in [3.8, 4) is 34.3 Å². The molecule has 0 spiro atoms. The highest BCUT2D eigenvalue weighted by atomic mass is 16.7. The first-order chi connectivity index (χ1) is 17.5. The average molecular weight is 486 g/mol. The van der Waals surface area contributed by atoms with Crippen molar-refractivity contribution < 1.29 is 33.3 Å². The molecule has 5 rings (SSSR count). The number of nitrogens with one attached hydrogen (secondary N) is 1.